The van der Waals surface area contributed by atoms with E-state index in [0.717, 1.165) is 38.5 Å². The van der Waals surface area contributed by atoms with E-state index >= 15 is 0 Å². The molecule has 0 aromatic heterocycles. The summed E-state index contributed by atoms with van der Waals surface area (Å²) in [5.74, 6) is -3.36. The van der Waals surface area contributed by atoms with Crippen LogP contribution in [-0.4, -0.2) is 58.5 Å². The Morgan fingerprint density at radius 3 is 2.18 bits per heavy atom. The third-order valence-electron chi connectivity index (χ3n) is 6.44. The highest BCUT2D eigenvalue weighted by Crippen LogP contribution is 2.21. The topological polar surface area (TPSA) is 142 Å². The smallest absolute Gasteiger partial charge is 0.377 e. The van der Waals surface area contributed by atoms with Crippen molar-refractivity contribution < 1.29 is 39.2 Å². The molecule has 0 radical (unpaired) electrons. The SMILES string of the molecule is CCCCCCCC/C=C\C/C=C\CCCCC(=O)NCCCCCC(=O)OC[C@H](O)[C@H]1OC(=O)C(O)=C1O. The second kappa shape index (κ2) is 22.1. The van der Waals surface area contributed by atoms with Crippen molar-refractivity contribution in [2.45, 2.75) is 122 Å². The molecule has 0 spiro atoms. The summed E-state index contributed by atoms with van der Waals surface area (Å²) in [5, 5.41) is 31.5. The molecule has 39 heavy (non-hydrogen) atoms. The lowest BCUT2D eigenvalue weighted by atomic mass is 10.1. The minimum absolute atomic E-state index is 0.0426. The first kappa shape index (κ1) is 34.2. The number of rotatable bonds is 23. The van der Waals surface area contributed by atoms with Gasteiger partial charge in [0.2, 0.25) is 11.7 Å². The van der Waals surface area contributed by atoms with E-state index in [0.29, 0.717) is 19.4 Å². The summed E-state index contributed by atoms with van der Waals surface area (Å²) in [6, 6.07) is 0. The van der Waals surface area contributed by atoms with Crippen molar-refractivity contribution in [3.8, 4) is 0 Å². The number of unbranched alkanes of at least 4 members (excludes halogenated alkanes) is 10. The zero-order valence-corrected chi connectivity index (χ0v) is 23.6. The van der Waals surface area contributed by atoms with Gasteiger partial charge in [0.15, 0.2) is 11.9 Å². The highest BCUT2D eigenvalue weighted by molar-refractivity contribution is 5.89. The molecule has 0 aromatic carbocycles. The van der Waals surface area contributed by atoms with Crippen LogP contribution in [0.1, 0.15) is 110 Å². The van der Waals surface area contributed by atoms with Crippen LogP contribution in [0.15, 0.2) is 35.8 Å². The number of nitrogens with one attached hydrogen (secondary N) is 1. The van der Waals surface area contributed by atoms with Crippen molar-refractivity contribution in [1.82, 2.24) is 5.32 Å². The molecule has 0 saturated carbocycles. The predicted octanol–water partition coefficient (Wildman–Crippen LogP) is 5.63. The second-order valence-electron chi connectivity index (χ2n) is 9.95. The average Bonchev–Trinajstić information content (AvgIpc) is 3.18. The molecular formula is C30H49NO8. The van der Waals surface area contributed by atoms with Crippen LogP contribution in [-0.2, 0) is 23.9 Å². The number of aliphatic hydroxyl groups excluding tert-OH is 3. The van der Waals surface area contributed by atoms with Gasteiger partial charge in [-0.25, -0.2) is 4.79 Å². The molecular weight excluding hydrogens is 502 g/mol. The molecule has 9 heteroatoms. The van der Waals surface area contributed by atoms with E-state index in [2.05, 4.69) is 41.3 Å². The summed E-state index contributed by atoms with van der Waals surface area (Å²) in [6.45, 7) is 2.32. The molecule has 222 valence electrons. The number of aliphatic hydroxyl groups is 3. The van der Waals surface area contributed by atoms with Gasteiger partial charge in [-0.2, -0.15) is 0 Å². The Bertz CT molecular complexity index is 805. The fourth-order valence-corrected chi connectivity index (χ4v) is 4.05. The first-order valence-electron chi connectivity index (χ1n) is 14.6. The third kappa shape index (κ3) is 16.7. The molecule has 0 unspecified atom stereocenters. The summed E-state index contributed by atoms with van der Waals surface area (Å²) in [4.78, 5) is 34.9. The molecule has 4 N–H and O–H groups in total. The lowest BCUT2D eigenvalue weighted by molar-refractivity contribution is -0.154. The zero-order valence-electron chi connectivity index (χ0n) is 23.6. The van der Waals surface area contributed by atoms with Crippen LogP contribution in [0, 0.1) is 0 Å². The van der Waals surface area contributed by atoms with Crippen molar-refractivity contribution in [2.24, 2.45) is 0 Å². The highest BCUT2D eigenvalue weighted by atomic mass is 16.6. The number of allylic oxidation sites excluding steroid dienone is 4. The summed E-state index contributed by atoms with van der Waals surface area (Å²) >= 11 is 0. The van der Waals surface area contributed by atoms with E-state index in [1.807, 2.05) is 0 Å². The molecule has 9 nitrogen and oxygen atoms in total. The van der Waals surface area contributed by atoms with Crippen molar-refractivity contribution in [1.29, 1.82) is 0 Å². The normalized spacial score (nSPS) is 16.3. The molecule has 1 amide bonds. The lowest BCUT2D eigenvalue weighted by Crippen LogP contribution is -2.33. The molecule has 1 aliphatic rings. The van der Waals surface area contributed by atoms with E-state index in [1.165, 1.54) is 44.9 Å². The zero-order chi connectivity index (χ0) is 28.7. The van der Waals surface area contributed by atoms with E-state index in [1.54, 1.807) is 0 Å². The fourth-order valence-electron chi connectivity index (χ4n) is 4.05. The maximum absolute atomic E-state index is 11.9. The number of hydrogen-bond acceptors (Lipinski definition) is 8. The van der Waals surface area contributed by atoms with Crippen LogP contribution in [0.25, 0.3) is 0 Å². The maximum atomic E-state index is 11.9. The van der Waals surface area contributed by atoms with Crippen molar-refractivity contribution >= 4 is 17.8 Å². The maximum Gasteiger partial charge on any atom is 0.377 e. The van der Waals surface area contributed by atoms with Crippen LogP contribution in [0.2, 0.25) is 0 Å². The molecule has 0 bridgehead atoms. The number of esters is 2. The van der Waals surface area contributed by atoms with Gasteiger partial charge in [-0.3, -0.25) is 9.59 Å². The summed E-state index contributed by atoms with van der Waals surface area (Å²) < 4.78 is 9.53. The number of amides is 1. The number of ether oxygens (including phenoxy) is 2. The number of cyclic esters (lactones) is 1. The Morgan fingerprint density at radius 1 is 0.897 bits per heavy atom. The Kier molecular flexibility index (Phi) is 19.3. The Morgan fingerprint density at radius 2 is 1.51 bits per heavy atom. The van der Waals surface area contributed by atoms with Gasteiger partial charge in [0.1, 0.15) is 12.7 Å². The van der Waals surface area contributed by atoms with Crippen LogP contribution >= 0.6 is 0 Å². The van der Waals surface area contributed by atoms with Gasteiger partial charge < -0.3 is 30.1 Å². The first-order chi connectivity index (χ1) is 18.9. The Labute approximate surface area is 233 Å². The van der Waals surface area contributed by atoms with Crippen LogP contribution in [0.5, 0.6) is 0 Å². The predicted molar refractivity (Wildman–Crippen MR) is 150 cm³/mol. The Balaban J connectivity index is 1.91. The van der Waals surface area contributed by atoms with Crippen molar-refractivity contribution in [3.63, 3.8) is 0 Å². The van der Waals surface area contributed by atoms with Gasteiger partial charge in [0.25, 0.3) is 0 Å². The summed E-state index contributed by atoms with van der Waals surface area (Å²) in [7, 11) is 0. The van der Waals surface area contributed by atoms with Gasteiger partial charge in [-0.15, -0.1) is 0 Å². The minimum atomic E-state index is -1.48. The van der Waals surface area contributed by atoms with Gasteiger partial charge in [-0.05, 0) is 51.4 Å². The number of carbonyl (C=O) groups is 3. The second-order valence-corrected chi connectivity index (χ2v) is 9.95. The van der Waals surface area contributed by atoms with E-state index in [4.69, 9.17) is 4.74 Å². The molecule has 0 fully saturated rings. The molecule has 1 heterocycles. The molecule has 0 aromatic rings. The molecule has 1 aliphatic heterocycles. The monoisotopic (exact) mass is 551 g/mol. The van der Waals surface area contributed by atoms with E-state index in [-0.39, 0.29) is 12.3 Å². The molecule has 0 saturated heterocycles. The summed E-state index contributed by atoms with van der Waals surface area (Å²) in [6.07, 6.45) is 21.6. The third-order valence-corrected chi connectivity index (χ3v) is 6.44. The van der Waals surface area contributed by atoms with E-state index < -0.39 is 42.3 Å². The molecule has 0 aliphatic carbocycles. The average molecular weight is 552 g/mol. The van der Waals surface area contributed by atoms with Gasteiger partial charge in [0, 0.05) is 19.4 Å². The van der Waals surface area contributed by atoms with Crippen molar-refractivity contribution in [3.05, 3.63) is 35.8 Å². The van der Waals surface area contributed by atoms with Crippen LogP contribution in [0.4, 0.5) is 0 Å². The largest absolute Gasteiger partial charge is 0.505 e. The highest BCUT2D eigenvalue weighted by Gasteiger charge is 2.39. The molecule has 2 atom stereocenters. The number of carbonyl (C=O) groups excluding carboxylic acids is 3. The standard InChI is InChI=1S/C30H49NO8/c1-2-3-4-5-6-7-8-9-10-11-12-13-14-15-17-20-25(33)31-22-19-16-18-21-26(34)38-23-24(32)29-27(35)28(36)30(37)39-29/h9-10,12-13,24,29,32,35-36H,2-8,11,14-23H2,1H3,(H,31,33)/b10-9-,13-12-/t24-,29+/m0/s1. The summed E-state index contributed by atoms with van der Waals surface area (Å²) in [5.41, 5.74) is 0. The van der Waals surface area contributed by atoms with E-state index in [9.17, 15) is 29.7 Å². The first-order valence-corrected chi connectivity index (χ1v) is 14.6. The van der Waals surface area contributed by atoms with Crippen LogP contribution in [0.3, 0.4) is 0 Å². The van der Waals surface area contributed by atoms with Gasteiger partial charge in [0.05, 0.1) is 0 Å². The van der Waals surface area contributed by atoms with Crippen molar-refractivity contribution in [2.75, 3.05) is 13.2 Å². The lowest BCUT2D eigenvalue weighted by Gasteiger charge is -2.17. The Hall–Kier alpha value is -2.81. The fraction of sp³-hybridized carbons (Fsp3) is 0.700. The number of hydrogen-bond donors (Lipinski definition) is 4. The van der Waals surface area contributed by atoms with Gasteiger partial charge in [-0.1, -0.05) is 69.8 Å². The van der Waals surface area contributed by atoms with Gasteiger partial charge >= 0.3 is 11.9 Å². The quantitative estimate of drug-likeness (QED) is 0.0727. The van der Waals surface area contributed by atoms with Crippen LogP contribution < -0.4 is 5.32 Å². The minimum Gasteiger partial charge on any atom is -0.505 e. The molecule has 1 rings (SSSR count).